The van der Waals surface area contributed by atoms with E-state index in [1.165, 1.54) is 13.0 Å². The summed E-state index contributed by atoms with van der Waals surface area (Å²) in [4.78, 5) is 4.97. The molecule has 2 unspecified atom stereocenters. The van der Waals surface area contributed by atoms with Gasteiger partial charge in [0.25, 0.3) is 0 Å². The molecule has 84 valence electrons. The van der Waals surface area contributed by atoms with Gasteiger partial charge in [-0.2, -0.15) is 0 Å². The number of hydrogen-bond donors (Lipinski definition) is 1. The minimum atomic E-state index is 0.523. The first-order chi connectivity index (χ1) is 6.56. The molecular formula is C11H25N3. The van der Waals surface area contributed by atoms with Gasteiger partial charge in [0.15, 0.2) is 0 Å². The Morgan fingerprint density at radius 2 is 2.07 bits per heavy atom. The van der Waals surface area contributed by atoms with Gasteiger partial charge in [-0.05, 0) is 40.8 Å². The average Bonchev–Trinajstić information content (AvgIpc) is 2.28. The minimum Gasteiger partial charge on any atom is -0.329 e. The van der Waals surface area contributed by atoms with Gasteiger partial charge in [0.05, 0.1) is 0 Å². The molecule has 3 heteroatoms. The van der Waals surface area contributed by atoms with E-state index in [2.05, 4.69) is 37.6 Å². The van der Waals surface area contributed by atoms with Crippen LogP contribution in [-0.2, 0) is 0 Å². The van der Waals surface area contributed by atoms with Gasteiger partial charge in [-0.25, -0.2) is 0 Å². The normalized spacial score (nSPS) is 32.1. The standard InChI is InChI=1S/C11H25N3/c1-9(2)14-6-5-10(3)13(4)11(7-12)8-14/h9-11H,5-8,12H2,1-4H3. The Kier molecular flexibility index (Phi) is 4.35. The number of nitrogens with two attached hydrogens (primary N) is 1. The summed E-state index contributed by atoms with van der Waals surface area (Å²) in [5.74, 6) is 0. The summed E-state index contributed by atoms with van der Waals surface area (Å²) in [5, 5.41) is 0. The molecule has 1 aliphatic heterocycles. The summed E-state index contributed by atoms with van der Waals surface area (Å²) in [6, 6.07) is 1.82. The second-order valence-corrected chi connectivity index (χ2v) is 4.78. The van der Waals surface area contributed by atoms with Gasteiger partial charge in [0.2, 0.25) is 0 Å². The van der Waals surface area contributed by atoms with Gasteiger partial charge in [-0.15, -0.1) is 0 Å². The number of rotatable bonds is 2. The zero-order valence-electron chi connectivity index (χ0n) is 10.0. The Morgan fingerprint density at radius 3 is 2.57 bits per heavy atom. The Morgan fingerprint density at radius 1 is 1.43 bits per heavy atom. The molecule has 2 N–H and O–H groups in total. The molecule has 0 amide bonds. The van der Waals surface area contributed by atoms with Crippen LogP contribution < -0.4 is 5.73 Å². The molecule has 0 spiro atoms. The maximum atomic E-state index is 5.82. The molecule has 0 bridgehead atoms. The molecule has 0 saturated carbocycles. The lowest BCUT2D eigenvalue weighted by Crippen LogP contribution is -2.47. The number of likely N-dealkylation sites (N-methyl/N-ethyl adjacent to an activating group) is 1. The third kappa shape index (κ3) is 2.69. The monoisotopic (exact) mass is 199 g/mol. The fourth-order valence-electron chi connectivity index (χ4n) is 2.12. The van der Waals surface area contributed by atoms with Gasteiger partial charge < -0.3 is 5.73 Å². The van der Waals surface area contributed by atoms with E-state index in [0.29, 0.717) is 18.1 Å². The number of hydrogen-bond acceptors (Lipinski definition) is 3. The first-order valence-electron chi connectivity index (χ1n) is 5.72. The highest BCUT2D eigenvalue weighted by Gasteiger charge is 2.26. The SMILES string of the molecule is CC(C)N1CCC(C)N(C)C(CN)C1. The van der Waals surface area contributed by atoms with Crippen LogP contribution in [0.2, 0.25) is 0 Å². The molecule has 2 atom stereocenters. The van der Waals surface area contributed by atoms with Crippen LogP contribution in [0.5, 0.6) is 0 Å². The minimum absolute atomic E-state index is 0.523. The summed E-state index contributed by atoms with van der Waals surface area (Å²) in [7, 11) is 2.20. The summed E-state index contributed by atoms with van der Waals surface area (Å²) in [5.41, 5.74) is 5.82. The lowest BCUT2D eigenvalue weighted by Gasteiger charge is -2.31. The molecule has 14 heavy (non-hydrogen) atoms. The second-order valence-electron chi connectivity index (χ2n) is 4.78. The van der Waals surface area contributed by atoms with Crippen LogP contribution in [0.15, 0.2) is 0 Å². The summed E-state index contributed by atoms with van der Waals surface area (Å²) < 4.78 is 0. The average molecular weight is 199 g/mol. The Labute approximate surface area is 88.2 Å². The zero-order chi connectivity index (χ0) is 10.7. The highest BCUT2D eigenvalue weighted by Crippen LogP contribution is 2.15. The Balaban J connectivity index is 2.64. The first kappa shape index (κ1) is 12.0. The molecular weight excluding hydrogens is 174 g/mol. The van der Waals surface area contributed by atoms with E-state index in [-0.39, 0.29) is 0 Å². The van der Waals surface area contributed by atoms with Crippen molar-refractivity contribution < 1.29 is 0 Å². The molecule has 3 nitrogen and oxygen atoms in total. The molecule has 0 aromatic heterocycles. The van der Waals surface area contributed by atoms with Crippen molar-refractivity contribution in [2.24, 2.45) is 5.73 Å². The van der Waals surface area contributed by atoms with Crippen LogP contribution in [0.1, 0.15) is 27.2 Å². The van der Waals surface area contributed by atoms with Crippen LogP contribution in [0.4, 0.5) is 0 Å². The van der Waals surface area contributed by atoms with Crippen molar-refractivity contribution in [1.82, 2.24) is 9.80 Å². The highest BCUT2D eigenvalue weighted by molar-refractivity contribution is 4.83. The van der Waals surface area contributed by atoms with Crippen LogP contribution in [0.25, 0.3) is 0 Å². The second kappa shape index (κ2) is 5.10. The largest absolute Gasteiger partial charge is 0.329 e. The number of nitrogens with zero attached hydrogens (tertiary/aromatic N) is 2. The van der Waals surface area contributed by atoms with E-state index in [1.54, 1.807) is 0 Å². The van der Waals surface area contributed by atoms with Crippen molar-refractivity contribution in [2.45, 2.75) is 45.3 Å². The maximum Gasteiger partial charge on any atom is 0.0345 e. The van der Waals surface area contributed by atoms with E-state index < -0.39 is 0 Å². The van der Waals surface area contributed by atoms with E-state index in [9.17, 15) is 0 Å². The molecule has 1 rings (SSSR count). The van der Waals surface area contributed by atoms with E-state index >= 15 is 0 Å². The van der Waals surface area contributed by atoms with Crippen LogP contribution in [0.3, 0.4) is 0 Å². The van der Waals surface area contributed by atoms with Crippen molar-refractivity contribution in [3.05, 3.63) is 0 Å². The van der Waals surface area contributed by atoms with E-state index in [0.717, 1.165) is 13.1 Å². The fraction of sp³-hybridized carbons (Fsp3) is 1.00. The van der Waals surface area contributed by atoms with Gasteiger partial charge in [-0.1, -0.05) is 0 Å². The Bertz CT molecular complexity index is 170. The predicted octanol–water partition coefficient (Wildman–Crippen LogP) is 0.748. The zero-order valence-corrected chi connectivity index (χ0v) is 10.0. The van der Waals surface area contributed by atoms with Gasteiger partial charge in [0.1, 0.15) is 0 Å². The summed E-state index contributed by atoms with van der Waals surface area (Å²) in [6.07, 6.45) is 1.26. The molecule has 1 saturated heterocycles. The molecule has 0 aromatic carbocycles. The van der Waals surface area contributed by atoms with Gasteiger partial charge >= 0.3 is 0 Å². The van der Waals surface area contributed by atoms with Gasteiger partial charge in [0, 0.05) is 31.2 Å². The Hall–Kier alpha value is -0.120. The van der Waals surface area contributed by atoms with Crippen LogP contribution in [0, 0.1) is 0 Å². The van der Waals surface area contributed by atoms with E-state index in [1.807, 2.05) is 0 Å². The molecule has 0 aliphatic carbocycles. The topological polar surface area (TPSA) is 32.5 Å². The molecule has 1 fully saturated rings. The third-order valence-corrected chi connectivity index (χ3v) is 3.55. The highest BCUT2D eigenvalue weighted by atomic mass is 15.3. The van der Waals surface area contributed by atoms with Crippen LogP contribution >= 0.6 is 0 Å². The predicted molar refractivity (Wildman–Crippen MR) is 61.4 cm³/mol. The lowest BCUT2D eigenvalue weighted by atomic mass is 10.2. The van der Waals surface area contributed by atoms with Crippen molar-refractivity contribution >= 4 is 0 Å². The quantitative estimate of drug-likeness (QED) is 0.712. The molecule has 1 aliphatic rings. The van der Waals surface area contributed by atoms with Crippen molar-refractivity contribution in [3.63, 3.8) is 0 Å². The smallest absolute Gasteiger partial charge is 0.0345 e. The molecule has 1 heterocycles. The maximum absolute atomic E-state index is 5.82. The summed E-state index contributed by atoms with van der Waals surface area (Å²) in [6.45, 7) is 9.93. The van der Waals surface area contributed by atoms with Gasteiger partial charge in [-0.3, -0.25) is 9.80 Å². The molecule has 0 aromatic rings. The lowest BCUT2D eigenvalue weighted by molar-refractivity contribution is 0.166. The van der Waals surface area contributed by atoms with Crippen molar-refractivity contribution in [2.75, 3.05) is 26.7 Å². The summed E-state index contributed by atoms with van der Waals surface area (Å²) >= 11 is 0. The van der Waals surface area contributed by atoms with Crippen molar-refractivity contribution in [3.8, 4) is 0 Å². The van der Waals surface area contributed by atoms with Crippen LogP contribution in [-0.4, -0.2) is 54.6 Å². The van der Waals surface area contributed by atoms with Crippen molar-refractivity contribution in [1.29, 1.82) is 0 Å². The first-order valence-corrected chi connectivity index (χ1v) is 5.72. The third-order valence-electron chi connectivity index (χ3n) is 3.55. The molecule has 0 radical (unpaired) electrons. The van der Waals surface area contributed by atoms with E-state index in [4.69, 9.17) is 5.73 Å². The fourth-order valence-corrected chi connectivity index (χ4v) is 2.12.